The molecule has 0 spiro atoms. The topological polar surface area (TPSA) is 62.0 Å². The van der Waals surface area contributed by atoms with Crippen LogP contribution in [0.1, 0.15) is 24.2 Å². The highest BCUT2D eigenvalue weighted by Crippen LogP contribution is 2.22. The third-order valence-corrected chi connectivity index (χ3v) is 3.81. The Morgan fingerprint density at radius 2 is 1.91 bits per heavy atom. The molecule has 1 aromatic carbocycles. The van der Waals surface area contributed by atoms with Crippen molar-refractivity contribution in [1.82, 2.24) is 9.97 Å². The van der Waals surface area contributed by atoms with Crippen molar-refractivity contribution in [3.05, 3.63) is 47.9 Å². The number of hydrogen-bond acceptors (Lipinski definition) is 5. The van der Waals surface area contributed by atoms with E-state index in [0.29, 0.717) is 5.56 Å². The number of ether oxygens (including phenoxy) is 1. The standard InChI is InChI=1S/C17H18N4O/c1-13-19-9-6-17(20-13)21-10-7-16(8-11-21)22-15-4-2-14(12-18)3-5-15/h2-6,9,16H,7-8,10-11H2,1H3. The van der Waals surface area contributed by atoms with Gasteiger partial charge in [-0.1, -0.05) is 0 Å². The normalized spacial score (nSPS) is 15.4. The van der Waals surface area contributed by atoms with Crippen molar-refractivity contribution in [3.63, 3.8) is 0 Å². The van der Waals surface area contributed by atoms with E-state index in [1.165, 1.54) is 0 Å². The van der Waals surface area contributed by atoms with Gasteiger partial charge in [0.2, 0.25) is 0 Å². The van der Waals surface area contributed by atoms with Crippen molar-refractivity contribution in [2.45, 2.75) is 25.9 Å². The molecular formula is C17H18N4O. The molecule has 0 radical (unpaired) electrons. The highest BCUT2D eigenvalue weighted by molar-refractivity contribution is 5.38. The number of piperidine rings is 1. The largest absolute Gasteiger partial charge is 0.490 e. The maximum Gasteiger partial charge on any atom is 0.132 e. The lowest BCUT2D eigenvalue weighted by atomic mass is 10.1. The molecule has 2 heterocycles. The molecule has 22 heavy (non-hydrogen) atoms. The minimum absolute atomic E-state index is 0.215. The average Bonchev–Trinajstić information content (AvgIpc) is 2.56. The fraction of sp³-hybridized carbons (Fsp3) is 0.353. The summed E-state index contributed by atoms with van der Waals surface area (Å²) in [6.45, 7) is 3.76. The summed E-state index contributed by atoms with van der Waals surface area (Å²) in [6, 6.07) is 11.4. The average molecular weight is 294 g/mol. The molecule has 3 rings (SSSR count). The molecule has 0 amide bonds. The van der Waals surface area contributed by atoms with Gasteiger partial charge in [0, 0.05) is 32.1 Å². The van der Waals surface area contributed by atoms with Crippen molar-refractivity contribution in [1.29, 1.82) is 5.26 Å². The monoisotopic (exact) mass is 294 g/mol. The Morgan fingerprint density at radius 3 is 2.55 bits per heavy atom. The van der Waals surface area contributed by atoms with Crippen molar-refractivity contribution in [3.8, 4) is 11.8 Å². The Balaban J connectivity index is 1.56. The molecule has 112 valence electrons. The van der Waals surface area contributed by atoms with Crippen LogP contribution in [0.4, 0.5) is 5.82 Å². The summed E-state index contributed by atoms with van der Waals surface area (Å²) in [4.78, 5) is 10.9. The Morgan fingerprint density at radius 1 is 1.18 bits per heavy atom. The summed E-state index contributed by atoms with van der Waals surface area (Å²) >= 11 is 0. The smallest absolute Gasteiger partial charge is 0.132 e. The summed E-state index contributed by atoms with van der Waals surface area (Å²) in [5.74, 6) is 2.62. The minimum Gasteiger partial charge on any atom is -0.490 e. The van der Waals surface area contributed by atoms with Gasteiger partial charge in [-0.05, 0) is 37.3 Å². The van der Waals surface area contributed by atoms with E-state index in [1.807, 2.05) is 25.1 Å². The van der Waals surface area contributed by atoms with Crippen molar-refractivity contribution >= 4 is 5.82 Å². The van der Waals surface area contributed by atoms with Gasteiger partial charge < -0.3 is 9.64 Å². The molecule has 1 saturated heterocycles. The maximum atomic E-state index is 8.80. The molecule has 2 aromatic rings. The number of benzene rings is 1. The summed E-state index contributed by atoms with van der Waals surface area (Å²) in [7, 11) is 0. The van der Waals surface area contributed by atoms with Crippen LogP contribution in [0.2, 0.25) is 0 Å². The number of hydrogen-bond donors (Lipinski definition) is 0. The van der Waals surface area contributed by atoms with Gasteiger partial charge in [-0.15, -0.1) is 0 Å². The van der Waals surface area contributed by atoms with Crippen LogP contribution in [-0.4, -0.2) is 29.2 Å². The van der Waals surface area contributed by atoms with Crippen LogP contribution in [0.15, 0.2) is 36.5 Å². The Labute approximate surface area is 130 Å². The first-order chi connectivity index (χ1) is 10.7. The zero-order chi connectivity index (χ0) is 15.4. The zero-order valence-corrected chi connectivity index (χ0v) is 12.6. The van der Waals surface area contributed by atoms with E-state index in [0.717, 1.165) is 43.3 Å². The predicted octanol–water partition coefficient (Wildman–Crippen LogP) is 2.70. The fourth-order valence-electron chi connectivity index (χ4n) is 2.62. The molecule has 1 aliphatic heterocycles. The fourth-order valence-corrected chi connectivity index (χ4v) is 2.62. The second-order valence-corrected chi connectivity index (χ2v) is 5.40. The van der Waals surface area contributed by atoms with Crippen LogP contribution in [0.25, 0.3) is 0 Å². The quantitative estimate of drug-likeness (QED) is 0.871. The summed E-state index contributed by atoms with van der Waals surface area (Å²) in [6.07, 6.45) is 3.94. The molecule has 0 atom stereocenters. The van der Waals surface area contributed by atoms with Crippen LogP contribution in [-0.2, 0) is 0 Å². The first-order valence-electron chi connectivity index (χ1n) is 7.46. The lowest BCUT2D eigenvalue weighted by Gasteiger charge is -2.33. The second-order valence-electron chi connectivity index (χ2n) is 5.40. The van der Waals surface area contributed by atoms with Gasteiger partial charge in [0.25, 0.3) is 0 Å². The number of nitrogens with zero attached hydrogens (tertiary/aromatic N) is 4. The van der Waals surface area contributed by atoms with Crippen LogP contribution in [0.5, 0.6) is 5.75 Å². The first kappa shape index (κ1) is 14.3. The predicted molar refractivity (Wildman–Crippen MR) is 83.8 cm³/mol. The number of anilines is 1. The first-order valence-corrected chi connectivity index (χ1v) is 7.46. The maximum absolute atomic E-state index is 8.80. The summed E-state index contributed by atoms with van der Waals surface area (Å²) in [5, 5.41) is 8.80. The highest BCUT2D eigenvalue weighted by Gasteiger charge is 2.21. The number of aromatic nitrogens is 2. The van der Waals surface area contributed by atoms with Crippen molar-refractivity contribution < 1.29 is 4.74 Å². The third kappa shape index (κ3) is 3.34. The molecule has 0 saturated carbocycles. The van der Waals surface area contributed by atoms with Crippen molar-refractivity contribution in [2.75, 3.05) is 18.0 Å². The van der Waals surface area contributed by atoms with E-state index in [-0.39, 0.29) is 6.10 Å². The zero-order valence-electron chi connectivity index (χ0n) is 12.6. The molecule has 1 aromatic heterocycles. The van der Waals surface area contributed by atoms with E-state index in [1.54, 1.807) is 18.3 Å². The molecule has 5 nitrogen and oxygen atoms in total. The number of aryl methyl sites for hydroxylation is 1. The molecule has 0 aliphatic carbocycles. The third-order valence-electron chi connectivity index (χ3n) is 3.81. The van der Waals surface area contributed by atoms with E-state index in [9.17, 15) is 0 Å². The Kier molecular flexibility index (Phi) is 4.19. The lowest BCUT2D eigenvalue weighted by Crippen LogP contribution is -2.38. The van der Waals surface area contributed by atoms with Gasteiger partial charge >= 0.3 is 0 Å². The summed E-state index contributed by atoms with van der Waals surface area (Å²) < 4.78 is 5.99. The molecule has 5 heteroatoms. The van der Waals surface area contributed by atoms with E-state index in [4.69, 9.17) is 10.00 Å². The van der Waals surface area contributed by atoms with Crippen LogP contribution in [0.3, 0.4) is 0 Å². The minimum atomic E-state index is 0.215. The Hall–Kier alpha value is -2.61. The van der Waals surface area contributed by atoms with Gasteiger partial charge in [-0.25, -0.2) is 9.97 Å². The van der Waals surface area contributed by atoms with Gasteiger partial charge in [-0.2, -0.15) is 5.26 Å². The van der Waals surface area contributed by atoms with Crippen LogP contribution >= 0.6 is 0 Å². The number of rotatable bonds is 3. The van der Waals surface area contributed by atoms with Gasteiger partial charge in [0.15, 0.2) is 0 Å². The Bertz CT molecular complexity index is 670. The van der Waals surface area contributed by atoms with Crippen LogP contribution in [0, 0.1) is 18.3 Å². The van der Waals surface area contributed by atoms with E-state index < -0.39 is 0 Å². The number of nitriles is 1. The van der Waals surface area contributed by atoms with E-state index >= 15 is 0 Å². The molecule has 0 bridgehead atoms. The lowest BCUT2D eigenvalue weighted by molar-refractivity contribution is 0.170. The molecule has 1 fully saturated rings. The highest BCUT2D eigenvalue weighted by atomic mass is 16.5. The van der Waals surface area contributed by atoms with Crippen LogP contribution < -0.4 is 9.64 Å². The van der Waals surface area contributed by atoms with Crippen molar-refractivity contribution in [2.24, 2.45) is 0 Å². The molecule has 1 aliphatic rings. The van der Waals surface area contributed by atoms with Gasteiger partial charge in [0.05, 0.1) is 11.6 Å². The second kappa shape index (κ2) is 6.44. The SMILES string of the molecule is Cc1nccc(N2CCC(Oc3ccc(C#N)cc3)CC2)n1. The van der Waals surface area contributed by atoms with Gasteiger partial charge in [-0.3, -0.25) is 0 Å². The molecule has 0 unspecified atom stereocenters. The molecule has 0 N–H and O–H groups in total. The molecular weight excluding hydrogens is 276 g/mol. The summed E-state index contributed by atoms with van der Waals surface area (Å²) in [5.41, 5.74) is 0.654. The van der Waals surface area contributed by atoms with E-state index in [2.05, 4.69) is 20.9 Å². The van der Waals surface area contributed by atoms with Gasteiger partial charge in [0.1, 0.15) is 23.5 Å².